The highest BCUT2D eigenvalue weighted by Gasteiger charge is 2.39. The van der Waals surface area contributed by atoms with E-state index in [0.717, 1.165) is 12.8 Å². The second kappa shape index (κ2) is 2.58. The number of carboxylic acids is 1. The summed E-state index contributed by atoms with van der Waals surface area (Å²) in [5, 5.41) is 17.6. The molecule has 1 rings (SSSR count). The van der Waals surface area contributed by atoms with Gasteiger partial charge in [0.25, 0.3) is 0 Å². The Kier molecular flexibility index (Phi) is 1.94. The number of aliphatic carboxylic acids is 1. The van der Waals surface area contributed by atoms with E-state index >= 15 is 0 Å². The molecule has 0 aliphatic heterocycles. The molecule has 0 aromatic rings. The van der Waals surface area contributed by atoms with Crippen molar-refractivity contribution in [1.29, 1.82) is 0 Å². The van der Waals surface area contributed by atoms with Crippen LogP contribution in [0.2, 0.25) is 0 Å². The van der Waals surface area contributed by atoms with Crippen LogP contribution in [0.4, 0.5) is 0 Å². The summed E-state index contributed by atoms with van der Waals surface area (Å²) in [5.41, 5.74) is 0. The Hall–Kier alpha value is -0.570. The van der Waals surface area contributed by atoms with Crippen LogP contribution in [0.5, 0.6) is 0 Å². The van der Waals surface area contributed by atoms with Crippen LogP contribution in [-0.4, -0.2) is 22.3 Å². The molecule has 58 valence electrons. The van der Waals surface area contributed by atoms with Gasteiger partial charge in [-0.2, -0.15) is 0 Å². The van der Waals surface area contributed by atoms with Gasteiger partial charge in [0.05, 0.1) is 12.0 Å². The Morgan fingerprint density at radius 2 is 2.20 bits per heavy atom. The Bertz CT molecular complexity index is 142. The molecule has 3 atom stereocenters. The zero-order chi connectivity index (χ0) is 7.72. The van der Waals surface area contributed by atoms with Gasteiger partial charge in [0.15, 0.2) is 0 Å². The first kappa shape index (κ1) is 7.54. The third-order valence-corrected chi connectivity index (χ3v) is 2.26. The molecule has 0 aromatic heterocycles. The topological polar surface area (TPSA) is 57.5 Å². The van der Waals surface area contributed by atoms with E-state index in [1.807, 2.05) is 0 Å². The second-order valence-electron chi connectivity index (χ2n) is 2.93. The van der Waals surface area contributed by atoms with Gasteiger partial charge in [-0.3, -0.25) is 4.79 Å². The zero-order valence-electron chi connectivity index (χ0n) is 5.95. The molecule has 0 radical (unpaired) electrons. The summed E-state index contributed by atoms with van der Waals surface area (Å²) in [6.45, 7) is 1.65. The number of aliphatic hydroxyl groups excluding tert-OH is 1. The predicted molar refractivity (Wildman–Crippen MR) is 35.5 cm³/mol. The lowest BCUT2D eigenvalue weighted by molar-refractivity contribution is -0.150. The third-order valence-electron chi connectivity index (χ3n) is 2.26. The minimum atomic E-state index is -0.767. The fourth-order valence-corrected chi connectivity index (χ4v) is 1.41. The largest absolute Gasteiger partial charge is 0.481 e. The van der Waals surface area contributed by atoms with Crippen LogP contribution >= 0.6 is 0 Å². The van der Waals surface area contributed by atoms with Gasteiger partial charge in [-0.25, -0.2) is 0 Å². The van der Waals surface area contributed by atoms with Crippen LogP contribution in [0.3, 0.4) is 0 Å². The maximum atomic E-state index is 10.4. The van der Waals surface area contributed by atoms with Crippen molar-refractivity contribution in [2.75, 3.05) is 0 Å². The van der Waals surface area contributed by atoms with E-state index in [1.54, 1.807) is 6.92 Å². The number of carbonyl (C=O) groups is 1. The first-order valence-corrected chi connectivity index (χ1v) is 3.54. The molecule has 1 fully saturated rings. The minimum absolute atomic E-state index is 0.00231. The molecule has 3 unspecified atom stereocenters. The van der Waals surface area contributed by atoms with E-state index in [-0.39, 0.29) is 11.8 Å². The minimum Gasteiger partial charge on any atom is -0.481 e. The highest BCUT2D eigenvalue weighted by molar-refractivity contribution is 5.71. The number of carboxylic acid groups (broad SMARTS) is 1. The van der Waals surface area contributed by atoms with Crippen LogP contribution in [0, 0.1) is 11.8 Å². The van der Waals surface area contributed by atoms with Crippen LogP contribution in [0.25, 0.3) is 0 Å². The Labute approximate surface area is 59.7 Å². The molecular weight excluding hydrogens is 132 g/mol. The lowest BCUT2D eigenvalue weighted by Gasteiger charge is -2.35. The van der Waals surface area contributed by atoms with E-state index in [0.29, 0.717) is 0 Å². The Morgan fingerprint density at radius 3 is 2.30 bits per heavy atom. The summed E-state index contributed by atoms with van der Waals surface area (Å²) in [6.07, 6.45) is 1.12. The molecule has 0 heterocycles. The zero-order valence-corrected chi connectivity index (χ0v) is 5.95. The highest BCUT2D eigenvalue weighted by Crippen LogP contribution is 2.36. The molecule has 0 aromatic carbocycles. The van der Waals surface area contributed by atoms with Gasteiger partial charge in [-0.15, -0.1) is 0 Å². The van der Waals surface area contributed by atoms with E-state index in [4.69, 9.17) is 10.2 Å². The molecular formula is C7H12O3. The SMILES string of the molecule is CC(O)C1CCC1C(=O)O. The Morgan fingerprint density at radius 1 is 1.60 bits per heavy atom. The molecule has 10 heavy (non-hydrogen) atoms. The van der Waals surface area contributed by atoms with Crippen molar-refractivity contribution in [3.63, 3.8) is 0 Å². The monoisotopic (exact) mass is 144 g/mol. The average Bonchev–Trinajstić information content (AvgIpc) is 1.56. The summed E-state index contributed by atoms with van der Waals surface area (Å²) in [4.78, 5) is 10.4. The van der Waals surface area contributed by atoms with Crippen LogP contribution in [-0.2, 0) is 4.79 Å². The van der Waals surface area contributed by atoms with Gasteiger partial charge < -0.3 is 10.2 Å². The quantitative estimate of drug-likeness (QED) is 0.592. The maximum absolute atomic E-state index is 10.4. The average molecular weight is 144 g/mol. The number of hydrogen-bond donors (Lipinski definition) is 2. The molecule has 0 spiro atoms. The first-order valence-electron chi connectivity index (χ1n) is 3.54. The van der Waals surface area contributed by atoms with Crippen molar-refractivity contribution >= 4 is 5.97 Å². The van der Waals surface area contributed by atoms with E-state index in [1.165, 1.54) is 0 Å². The number of aliphatic hydroxyl groups is 1. The third kappa shape index (κ3) is 1.14. The lowest BCUT2D eigenvalue weighted by atomic mass is 9.71. The second-order valence-corrected chi connectivity index (χ2v) is 2.93. The molecule has 3 nitrogen and oxygen atoms in total. The van der Waals surface area contributed by atoms with Gasteiger partial charge in [0.1, 0.15) is 0 Å². The normalized spacial score (nSPS) is 34.6. The van der Waals surface area contributed by atoms with Crippen LogP contribution in [0.15, 0.2) is 0 Å². The summed E-state index contributed by atoms with van der Waals surface area (Å²) >= 11 is 0. The van der Waals surface area contributed by atoms with Gasteiger partial charge in [0, 0.05) is 0 Å². The van der Waals surface area contributed by atoms with Gasteiger partial charge in [-0.05, 0) is 25.7 Å². The first-order chi connectivity index (χ1) is 4.63. The fourth-order valence-electron chi connectivity index (χ4n) is 1.41. The lowest BCUT2D eigenvalue weighted by Crippen LogP contribution is -2.39. The number of rotatable bonds is 2. The summed E-state index contributed by atoms with van der Waals surface area (Å²) in [7, 11) is 0. The summed E-state index contributed by atoms with van der Waals surface area (Å²) in [6, 6.07) is 0. The van der Waals surface area contributed by atoms with Crippen molar-refractivity contribution in [3.8, 4) is 0 Å². The van der Waals surface area contributed by atoms with E-state index in [9.17, 15) is 4.79 Å². The van der Waals surface area contributed by atoms with E-state index in [2.05, 4.69) is 0 Å². The molecule has 0 amide bonds. The van der Waals surface area contributed by atoms with Crippen molar-refractivity contribution < 1.29 is 15.0 Å². The van der Waals surface area contributed by atoms with Crippen LogP contribution in [0.1, 0.15) is 19.8 Å². The molecule has 1 aliphatic carbocycles. The van der Waals surface area contributed by atoms with Crippen molar-refractivity contribution in [2.24, 2.45) is 11.8 Å². The van der Waals surface area contributed by atoms with E-state index < -0.39 is 12.1 Å². The molecule has 1 aliphatic rings. The smallest absolute Gasteiger partial charge is 0.306 e. The molecule has 3 heteroatoms. The molecule has 2 N–H and O–H groups in total. The number of hydrogen-bond acceptors (Lipinski definition) is 2. The molecule has 0 bridgehead atoms. The highest BCUT2D eigenvalue weighted by atomic mass is 16.4. The summed E-state index contributed by atoms with van der Waals surface area (Å²) in [5.74, 6) is -1.06. The van der Waals surface area contributed by atoms with Crippen molar-refractivity contribution in [2.45, 2.75) is 25.9 Å². The van der Waals surface area contributed by atoms with Crippen LogP contribution < -0.4 is 0 Å². The van der Waals surface area contributed by atoms with Crippen molar-refractivity contribution in [1.82, 2.24) is 0 Å². The Balaban J connectivity index is 2.43. The maximum Gasteiger partial charge on any atom is 0.306 e. The molecule has 0 saturated heterocycles. The summed E-state index contributed by atoms with van der Waals surface area (Å²) < 4.78 is 0. The van der Waals surface area contributed by atoms with Gasteiger partial charge in [0.2, 0.25) is 0 Å². The van der Waals surface area contributed by atoms with Gasteiger partial charge in [-0.1, -0.05) is 0 Å². The molecule has 1 saturated carbocycles. The van der Waals surface area contributed by atoms with Crippen molar-refractivity contribution in [3.05, 3.63) is 0 Å². The van der Waals surface area contributed by atoms with Gasteiger partial charge >= 0.3 is 5.97 Å². The fraction of sp³-hybridized carbons (Fsp3) is 0.857. The standard InChI is InChI=1S/C7H12O3/c1-4(8)5-2-3-6(5)7(9)10/h4-6,8H,2-3H2,1H3,(H,9,10). The predicted octanol–water partition coefficient (Wildman–Crippen LogP) is 0.478.